The molecule has 0 saturated carbocycles. The molecule has 0 aliphatic heterocycles. The molecule has 0 spiro atoms. The second-order valence-electron chi connectivity index (χ2n) is 4.48. The summed E-state index contributed by atoms with van der Waals surface area (Å²) in [4.78, 5) is 11.6. The van der Waals surface area contributed by atoms with Gasteiger partial charge in [0, 0.05) is 6.54 Å². The Morgan fingerprint density at radius 1 is 1.44 bits per heavy atom. The van der Waals surface area contributed by atoms with Crippen molar-refractivity contribution < 1.29 is 9.90 Å². The first kappa shape index (κ1) is 16.7. The third-order valence-corrected chi connectivity index (χ3v) is 2.64. The van der Waals surface area contributed by atoms with Gasteiger partial charge < -0.3 is 16.2 Å². The van der Waals surface area contributed by atoms with Crippen LogP contribution in [0, 0.1) is 5.92 Å². The van der Waals surface area contributed by atoms with Crippen LogP contribution in [0.15, 0.2) is 24.3 Å². The SMILES string of the molecule is CC(C)[C@H](N)C(=O)NCCc1cccc(O)c1.Cl. The standard InChI is InChI=1S/C13H20N2O2.ClH/c1-9(2)12(14)13(17)15-7-6-10-4-3-5-11(16)8-10;/h3-5,8-9,12,16H,6-7,14H2,1-2H3,(H,15,17);1H/t12-;/m0./s1. The summed E-state index contributed by atoms with van der Waals surface area (Å²) in [6.45, 7) is 4.36. The number of halogens is 1. The number of nitrogens with two attached hydrogens (primary N) is 1. The van der Waals surface area contributed by atoms with Crippen LogP contribution in [0.25, 0.3) is 0 Å². The fourth-order valence-electron chi connectivity index (χ4n) is 1.46. The lowest BCUT2D eigenvalue weighted by molar-refractivity contribution is -0.123. The van der Waals surface area contributed by atoms with Gasteiger partial charge in [0.2, 0.25) is 5.91 Å². The number of carbonyl (C=O) groups excluding carboxylic acids is 1. The molecule has 4 nitrogen and oxygen atoms in total. The Hall–Kier alpha value is -1.26. The summed E-state index contributed by atoms with van der Waals surface area (Å²) in [5.41, 5.74) is 6.70. The van der Waals surface area contributed by atoms with E-state index in [9.17, 15) is 9.90 Å². The van der Waals surface area contributed by atoms with Crippen LogP contribution < -0.4 is 11.1 Å². The third-order valence-electron chi connectivity index (χ3n) is 2.64. The minimum Gasteiger partial charge on any atom is -0.508 e. The van der Waals surface area contributed by atoms with Crippen molar-refractivity contribution in [1.82, 2.24) is 5.32 Å². The van der Waals surface area contributed by atoms with Gasteiger partial charge in [-0.25, -0.2) is 0 Å². The Bertz CT molecular complexity index is 383. The molecule has 18 heavy (non-hydrogen) atoms. The van der Waals surface area contributed by atoms with E-state index in [0.717, 1.165) is 5.56 Å². The average molecular weight is 273 g/mol. The number of phenolic OH excluding ortho intramolecular Hbond substituents is 1. The Morgan fingerprint density at radius 2 is 2.11 bits per heavy atom. The lowest BCUT2D eigenvalue weighted by Crippen LogP contribution is -2.44. The fourth-order valence-corrected chi connectivity index (χ4v) is 1.46. The summed E-state index contributed by atoms with van der Waals surface area (Å²) in [6.07, 6.45) is 0.685. The van der Waals surface area contributed by atoms with Crippen molar-refractivity contribution in [3.05, 3.63) is 29.8 Å². The average Bonchev–Trinajstić information content (AvgIpc) is 2.27. The Balaban J connectivity index is 0.00000289. The molecule has 0 fully saturated rings. The molecule has 0 saturated heterocycles. The molecule has 0 aliphatic rings. The maximum atomic E-state index is 11.6. The zero-order valence-electron chi connectivity index (χ0n) is 10.7. The number of hydrogen-bond acceptors (Lipinski definition) is 3. The van der Waals surface area contributed by atoms with Crippen LogP contribution in [0.3, 0.4) is 0 Å². The number of phenols is 1. The van der Waals surface area contributed by atoms with Crippen LogP contribution in [0.2, 0.25) is 0 Å². The van der Waals surface area contributed by atoms with Crippen molar-refractivity contribution in [1.29, 1.82) is 0 Å². The van der Waals surface area contributed by atoms with E-state index in [1.165, 1.54) is 0 Å². The van der Waals surface area contributed by atoms with E-state index in [-0.39, 0.29) is 30.0 Å². The molecule has 1 atom stereocenters. The molecule has 0 bridgehead atoms. The van der Waals surface area contributed by atoms with Gasteiger partial charge in [0.25, 0.3) is 0 Å². The second-order valence-corrected chi connectivity index (χ2v) is 4.48. The van der Waals surface area contributed by atoms with Crippen molar-refractivity contribution in [3.63, 3.8) is 0 Å². The summed E-state index contributed by atoms with van der Waals surface area (Å²) in [5, 5.41) is 12.1. The van der Waals surface area contributed by atoms with E-state index in [4.69, 9.17) is 5.73 Å². The number of aromatic hydroxyl groups is 1. The molecule has 1 aromatic rings. The van der Waals surface area contributed by atoms with E-state index in [0.29, 0.717) is 13.0 Å². The van der Waals surface area contributed by atoms with E-state index in [1.54, 1.807) is 18.2 Å². The van der Waals surface area contributed by atoms with Gasteiger partial charge in [-0.1, -0.05) is 26.0 Å². The topological polar surface area (TPSA) is 75.4 Å². The zero-order chi connectivity index (χ0) is 12.8. The van der Waals surface area contributed by atoms with E-state index in [2.05, 4.69) is 5.32 Å². The molecule has 0 aliphatic carbocycles. The normalized spacial score (nSPS) is 11.8. The van der Waals surface area contributed by atoms with Crippen LogP contribution in [0.5, 0.6) is 5.75 Å². The predicted molar refractivity (Wildman–Crippen MR) is 74.9 cm³/mol. The molecule has 1 rings (SSSR count). The molecule has 0 radical (unpaired) electrons. The molecule has 102 valence electrons. The summed E-state index contributed by atoms with van der Waals surface area (Å²) in [6, 6.07) is 6.55. The van der Waals surface area contributed by atoms with E-state index < -0.39 is 6.04 Å². The number of nitrogens with one attached hydrogen (secondary N) is 1. The molecule has 1 amide bonds. The molecule has 0 heterocycles. The Labute approximate surface area is 114 Å². The Kier molecular flexibility index (Phi) is 7.39. The summed E-state index contributed by atoms with van der Waals surface area (Å²) in [7, 11) is 0. The number of hydrogen-bond donors (Lipinski definition) is 3. The van der Waals surface area contributed by atoms with Crippen LogP contribution in [-0.4, -0.2) is 23.6 Å². The maximum absolute atomic E-state index is 11.6. The highest BCUT2D eigenvalue weighted by Crippen LogP contribution is 2.10. The van der Waals surface area contributed by atoms with Gasteiger partial charge in [-0.05, 0) is 30.0 Å². The summed E-state index contributed by atoms with van der Waals surface area (Å²) >= 11 is 0. The van der Waals surface area contributed by atoms with Crippen LogP contribution >= 0.6 is 12.4 Å². The van der Waals surface area contributed by atoms with Gasteiger partial charge in [0.05, 0.1) is 6.04 Å². The highest BCUT2D eigenvalue weighted by atomic mass is 35.5. The van der Waals surface area contributed by atoms with E-state index >= 15 is 0 Å². The molecule has 5 heteroatoms. The minimum atomic E-state index is -0.459. The first-order chi connectivity index (χ1) is 8.00. The van der Waals surface area contributed by atoms with Gasteiger partial charge in [-0.15, -0.1) is 12.4 Å². The monoisotopic (exact) mass is 272 g/mol. The van der Waals surface area contributed by atoms with Gasteiger partial charge in [0.1, 0.15) is 5.75 Å². The highest BCUT2D eigenvalue weighted by Gasteiger charge is 2.16. The lowest BCUT2D eigenvalue weighted by atomic mass is 10.0. The molecule has 0 unspecified atom stereocenters. The fraction of sp³-hybridized carbons (Fsp3) is 0.462. The van der Waals surface area contributed by atoms with Gasteiger partial charge in [0.15, 0.2) is 0 Å². The van der Waals surface area contributed by atoms with Crippen molar-refractivity contribution in [3.8, 4) is 5.75 Å². The van der Waals surface area contributed by atoms with Gasteiger partial charge >= 0.3 is 0 Å². The quantitative estimate of drug-likeness (QED) is 0.760. The summed E-state index contributed by atoms with van der Waals surface area (Å²) < 4.78 is 0. The minimum absolute atomic E-state index is 0. The Morgan fingerprint density at radius 3 is 2.67 bits per heavy atom. The number of rotatable bonds is 5. The first-order valence-electron chi connectivity index (χ1n) is 5.82. The van der Waals surface area contributed by atoms with Crippen molar-refractivity contribution >= 4 is 18.3 Å². The molecule has 1 aromatic carbocycles. The van der Waals surface area contributed by atoms with Gasteiger partial charge in [-0.3, -0.25) is 4.79 Å². The van der Waals surface area contributed by atoms with E-state index in [1.807, 2.05) is 19.9 Å². The molecule has 0 aromatic heterocycles. The van der Waals surface area contributed by atoms with Crippen LogP contribution in [-0.2, 0) is 11.2 Å². The largest absolute Gasteiger partial charge is 0.508 e. The number of amides is 1. The van der Waals surface area contributed by atoms with Crippen molar-refractivity contribution in [2.75, 3.05) is 6.54 Å². The number of benzene rings is 1. The molecule has 4 N–H and O–H groups in total. The maximum Gasteiger partial charge on any atom is 0.237 e. The first-order valence-corrected chi connectivity index (χ1v) is 5.82. The van der Waals surface area contributed by atoms with Crippen LogP contribution in [0.4, 0.5) is 0 Å². The van der Waals surface area contributed by atoms with Gasteiger partial charge in [-0.2, -0.15) is 0 Å². The number of carbonyl (C=O) groups is 1. The van der Waals surface area contributed by atoms with Crippen molar-refractivity contribution in [2.45, 2.75) is 26.3 Å². The van der Waals surface area contributed by atoms with Crippen molar-refractivity contribution in [2.24, 2.45) is 11.7 Å². The third kappa shape index (κ3) is 5.38. The van der Waals surface area contributed by atoms with Crippen LogP contribution in [0.1, 0.15) is 19.4 Å². The predicted octanol–water partition coefficient (Wildman–Crippen LogP) is 1.46. The second kappa shape index (κ2) is 7.95. The summed E-state index contributed by atoms with van der Waals surface area (Å²) in [5.74, 6) is 0.253. The zero-order valence-corrected chi connectivity index (χ0v) is 11.5. The molecular weight excluding hydrogens is 252 g/mol. The smallest absolute Gasteiger partial charge is 0.237 e. The highest BCUT2D eigenvalue weighted by molar-refractivity contribution is 5.85. The molecular formula is C13H21ClN2O2. The lowest BCUT2D eigenvalue weighted by Gasteiger charge is -2.15.